The lowest BCUT2D eigenvalue weighted by Crippen LogP contribution is -2.56. The van der Waals surface area contributed by atoms with Crippen LogP contribution >= 0.6 is 0 Å². The quantitative estimate of drug-likeness (QED) is 0.905. The van der Waals surface area contributed by atoms with Crippen LogP contribution in [0.1, 0.15) is 20.8 Å². The van der Waals surface area contributed by atoms with Crippen LogP contribution in [0, 0.1) is 0 Å². The van der Waals surface area contributed by atoms with Gasteiger partial charge in [-0.15, -0.1) is 0 Å². The van der Waals surface area contributed by atoms with Crippen LogP contribution in [-0.4, -0.2) is 48.2 Å². The van der Waals surface area contributed by atoms with Gasteiger partial charge in [-0.3, -0.25) is 4.90 Å². The predicted molar refractivity (Wildman–Crippen MR) is 80.9 cm³/mol. The van der Waals surface area contributed by atoms with Crippen LogP contribution in [0.4, 0.5) is 10.5 Å². The van der Waals surface area contributed by atoms with E-state index >= 15 is 0 Å². The summed E-state index contributed by atoms with van der Waals surface area (Å²) in [5.74, 6) is -0.348. The van der Waals surface area contributed by atoms with E-state index < -0.39 is 11.5 Å². The topological polar surface area (TPSA) is 70.1 Å². The maximum atomic E-state index is 12.5. The maximum absolute atomic E-state index is 12.5. The Hall–Kier alpha value is -2.24. The van der Waals surface area contributed by atoms with E-state index in [4.69, 9.17) is 4.74 Å². The van der Waals surface area contributed by atoms with Gasteiger partial charge in [-0.2, -0.15) is 0 Å². The van der Waals surface area contributed by atoms with Crippen LogP contribution in [0.25, 0.3) is 0 Å². The Morgan fingerprint density at radius 2 is 1.76 bits per heavy atom. The number of likely N-dealkylation sites (N-methyl/N-ethyl adjacent to an activating group) is 1. The van der Waals surface area contributed by atoms with E-state index in [1.54, 1.807) is 45.3 Å². The second-order valence-electron chi connectivity index (χ2n) is 5.15. The van der Waals surface area contributed by atoms with Crippen molar-refractivity contribution >= 4 is 17.7 Å². The molecule has 21 heavy (non-hydrogen) atoms. The van der Waals surface area contributed by atoms with Gasteiger partial charge in [0.1, 0.15) is 11.3 Å². The second-order valence-corrected chi connectivity index (χ2v) is 5.15. The number of anilines is 1. The number of hydrogen-bond acceptors (Lipinski definition) is 3. The van der Waals surface area contributed by atoms with Crippen LogP contribution in [0.15, 0.2) is 24.3 Å². The Bertz CT molecular complexity index is 511. The number of amides is 2. The minimum atomic E-state index is -1.27. The number of carbonyl (C=O) groups is 2. The first kappa shape index (κ1) is 16.8. The Kier molecular flexibility index (Phi) is 5.18. The monoisotopic (exact) mass is 294 g/mol. The fraction of sp³-hybridized carbons (Fsp3) is 0.467. The number of rotatable bonds is 5. The zero-order chi connectivity index (χ0) is 16.2. The number of methoxy groups -OCH3 is 1. The van der Waals surface area contributed by atoms with E-state index in [0.29, 0.717) is 18.0 Å². The zero-order valence-electron chi connectivity index (χ0n) is 13.1. The SMILES string of the molecule is CCN(C(=O)N(C)c1ccc(OC)cc1)C(C)(C)C(=O)O. The Morgan fingerprint density at radius 1 is 1.24 bits per heavy atom. The molecule has 0 aliphatic heterocycles. The predicted octanol–water partition coefficient (Wildman–Crippen LogP) is 2.44. The van der Waals surface area contributed by atoms with Gasteiger partial charge in [0, 0.05) is 19.3 Å². The molecule has 0 saturated heterocycles. The lowest BCUT2D eigenvalue weighted by Gasteiger charge is -2.36. The van der Waals surface area contributed by atoms with Crippen molar-refractivity contribution in [3.63, 3.8) is 0 Å². The third-order valence-corrected chi connectivity index (χ3v) is 3.49. The number of carboxylic acids is 1. The molecular weight excluding hydrogens is 272 g/mol. The first-order valence-electron chi connectivity index (χ1n) is 6.68. The minimum absolute atomic E-state index is 0.304. The number of urea groups is 1. The van der Waals surface area contributed by atoms with Gasteiger partial charge in [-0.1, -0.05) is 0 Å². The number of carboxylic acid groups (broad SMARTS) is 1. The van der Waals surface area contributed by atoms with Crippen LogP contribution in [0.2, 0.25) is 0 Å². The molecule has 0 aromatic heterocycles. The highest BCUT2D eigenvalue weighted by atomic mass is 16.5. The number of carbonyl (C=O) groups excluding carboxylic acids is 1. The van der Waals surface area contributed by atoms with E-state index in [1.165, 1.54) is 23.6 Å². The van der Waals surface area contributed by atoms with Gasteiger partial charge in [0.05, 0.1) is 7.11 Å². The molecule has 0 bridgehead atoms. The summed E-state index contributed by atoms with van der Waals surface area (Å²) >= 11 is 0. The molecule has 0 atom stereocenters. The normalized spacial score (nSPS) is 10.9. The van der Waals surface area contributed by atoms with Crippen molar-refractivity contribution in [1.29, 1.82) is 0 Å². The smallest absolute Gasteiger partial charge is 0.329 e. The van der Waals surface area contributed by atoms with Crippen molar-refractivity contribution in [3.05, 3.63) is 24.3 Å². The summed E-state index contributed by atoms with van der Waals surface area (Å²) in [6.07, 6.45) is 0. The third kappa shape index (κ3) is 3.45. The standard InChI is InChI=1S/C15H22N2O4/c1-6-17(15(2,3)13(18)19)14(20)16(4)11-7-9-12(21-5)10-8-11/h7-10H,6H2,1-5H3,(H,18,19). The Labute approximate surface area is 124 Å². The summed E-state index contributed by atoms with van der Waals surface area (Å²) in [6, 6.07) is 6.63. The Morgan fingerprint density at radius 3 is 2.14 bits per heavy atom. The average Bonchev–Trinajstić information content (AvgIpc) is 2.46. The lowest BCUT2D eigenvalue weighted by molar-refractivity contribution is -0.147. The number of ether oxygens (including phenoxy) is 1. The van der Waals surface area contributed by atoms with Gasteiger partial charge < -0.3 is 14.7 Å². The van der Waals surface area contributed by atoms with Gasteiger partial charge in [-0.05, 0) is 45.0 Å². The van der Waals surface area contributed by atoms with Gasteiger partial charge in [0.25, 0.3) is 0 Å². The number of benzene rings is 1. The molecule has 0 unspecified atom stereocenters. The fourth-order valence-electron chi connectivity index (χ4n) is 1.98. The van der Waals surface area contributed by atoms with Crippen LogP contribution in [0.5, 0.6) is 5.75 Å². The summed E-state index contributed by atoms with van der Waals surface area (Å²) in [5.41, 5.74) is -0.604. The highest BCUT2D eigenvalue weighted by Crippen LogP contribution is 2.22. The van der Waals surface area contributed by atoms with Crippen molar-refractivity contribution in [2.75, 3.05) is 25.6 Å². The molecule has 0 aliphatic carbocycles. The molecule has 0 aliphatic rings. The molecule has 1 aromatic rings. The minimum Gasteiger partial charge on any atom is -0.497 e. The van der Waals surface area contributed by atoms with E-state index in [1.807, 2.05) is 0 Å². The van der Waals surface area contributed by atoms with Crippen molar-refractivity contribution in [2.45, 2.75) is 26.3 Å². The molecule has 6 heteroatoms. The van der Waals surface area contributed by atoms with Gasteiger partial charge >= 0.3 is 12.0 Å². The van der Waals surface area contributed by atoms with Crippen molar-refractivity contribution in [2.24, 2.45) is 0 Å². The second kappa shape index (κ2) is 6.47. The number of nitrogens with zero attached hydrogens (tertiary/aromatic N) is 2. The summed E-state index contributed by atoms with van der Waals surface area (Å²) < 4.78 is 5.07. The molecule has 0 heterocycles. The maximum Gasteiger partial charge on any atom is 0.329 e. The van der Waals surface area contributed by atoms with E-state index in [9.17, 15) is 14.7 Å². The van der Waals surface area contributed by atoms with Crippen LogP contribution < -0.4 is 9.64 Å². The van der Waals surface area contributed by atoms with E-state index in [2.05, 4.69) is 0 Å². The Balaban J connectivity index is 3.01. The summed E-state index contributed by atoms with van der Waals surface area (Å²) in [7, 11) is 3.18. The van der Waals surface area contributed by atoms with Crippen molar-refractivity contribution in [3.8, 4) is 5.75 Å². The highest BCUT2D eigenvalue weighted by molar-refractivity contribution is 5.95. The molecule has 2 amide bonds. The third-order valence-electron chi connectivity index (χ3n) is 3.49. The van der Waals surface area contributed by atoms with Crippen LogP contribution in [-0.2, 0) is 4.79 Å². The fourth-order valence-corrected chi connectivity index (χ4v) is 1.98. The van der Waals surface area contributed by atoms with E-state index in [0.717, 1.165) is 0 Å². The number of aliphatic carboxylic acids is 1. The molecular formula is C15H22N2O4. The molecule has 1 rings (SSSR count). The molecule has 0 spiro atoms. The van der Waals surface area contributed by atoms with Gasteiger partial charge in [0.2, 0.25) is 0 Å². The van der Waals surface area contributed by atoms with Crippen LogP contribution in [0.3, 0.4) is 0 Å². The summed E-state index contributed by atoms with van der Waals surface area (Å²) in [5, 5.41) is 9.28. The zero-order valence-corrected chi connectivity index (χ0v) is 13.1. The molecule has 0 fully saturated rings. The first-order valence-corrected chi connectivity index (χ1v) is 6.68. The first-order chi connectivity index (χ1) is 9.75. The highest BCUT2D eigenvalue weighted by Gasteiger charge is 2.38. The number of hydrogen-bond donors (Lipinski definition) is 1. The molecule has 1 N–H and O–H groups in total. The molecule has 6 nitrogen and oxygen atoms in total. The summed E-state index contributed by atoms with van der Waals surface area (Å²) in [4.78, 5) is 26.6. The molecule has 0 saturated carbocycles. The molecule has 1 aromatic carbocycles. The lowest BCUT2D eigenvalue weighted by atomic mass is 10.0. The van der Waals surface area contributed by atoms with E-state index in [-0.39, 0.29) is 6.03 Å². The van der Waals surface area contributed by atoms with Crippen molar-refractivity contribution in [1.82, 2.24) is 4.90 Å². The van der Waals surface area contributed by atoms with Gasteiger partial charge in [-0.25, -0.2) is 9.59 Å². The van der Waals surface area contributed by atoms with Crippen molar-refractivity contribution < 1.29 is 19.4 Å². The largest absolute Gasteiger partial charge is 0.497 e. The average molecular weight is 294 g/mol. The molecule has 0 radical (unpaired) electrons. The van der Waals surface area contributed by atoms with Gasteiger partial charge in [0.15, 0.2) is 0 Å². The summed E-state index contributed by atoms with van der Waals surface area (Å²) in [6.45, 7) is 5.08. The molecule has 116 valence electrons.